The van der Waals surface area contributed by atoms with Gasteiger partial charge in [0.15, 0.2) is 0 Å². The quantitative estimate of drug-likeness (QED) is 0.567. The molecule has 1 aromatic rings. The van der Waals surface area contributed by atoms with Gasteiger partial charge in [0.2, 0.25) is 0 Å². The molecule has 0 amide bonds. The number of hydrogen-bond acceptors (Lipinski definition) is 3. The second kappa shape index (κ2) is 3.70. The lowest BCUT2D eigenvalue weighted by Crippen LogP contribution is -2.30. The molecule has 0 bridgehead atoms. The summed E-state index contributed by atoms with van der Waals surface area (Å²) in [4.78, 5) is 22.8. The van der Waals surface area contributed by atoms with Crippen LogP contribution in [-0.4, -0.2) is 11.9 Å². The molecular weight excluding hydrogens is 211 g/mol. The van der Waals surface area contributed by atoms with Crippen molar-refractivity contribution in [2.75, 3.05) is 0 Å². The largest absolute Gasteiger partial charge is 0.392 e. The van der Waals surface area contributed by atoms with Gasteiger partial charge < -0.3 is 4.74 Å². The lowest BCUT2D eigenvalue weighted by molar-refractivity contribution is -0.153. The second-order valence-corrected chi connectivity index (χ2v) is 3.88. The monoisotopic (exact) mass is 222 g/mol. The first kappa shape index (κ1) is 10.8. The van der Waals surface area contributed by atoms with Gasteiger partial charge in [-0.25, -0.2) is 4.39 Å². The summed E-state index contributed by atoms with van der Waals surface area (Å²) in [6, 6.07) is 5.75. The highest BCUT2D eigenvalue weighted by Gasteiger charge is 2.49. The summed E-state index contributed by atoms with van der Waals surface area (Å²) in [5.41, 5.74) is -0.495. The first-order chi connectivity index (χ1) is 7.58. The van der Waals surface area contributed by atoms with Crippen molar-refractivity contribution in [3.8, 4) is 0 Å². The molecule has 2 rings (SSSR count). The Labute approximate surface area is 92.2 Å². The number of ether oxygens (including phenoxy) is 1. The van der Waals surface area contributed by atoms with Crippen LogP contribution in [0.5, 0.6) is 0 Å². The molecule has 0 saturated carbocycles. The van der Waals surface area contributed by atoms with Crippen LogP contribution in [0.1, 0.15) is 25.3 Å². The number of rotatable bonds is 2. The Bertz CT molecular complexity index is 455. The van der Waals surface area contributed by atoms with Gasteiger partial charge >= 0.3 is 11.9 Å². The van der Waals surface area contributed by atoms with Crippen LogP contribution in [0, 0.1) is 5.82 Å². The van der Waals surface area contributed by atoms with Crippen LogP contribution >= 0.6 is 0 Å². The van der Waals surface area contributed by atoms with Crippen molar-refractivity contribution >= 4 is 11.9 Å². The average Bonchev–Trinajstić information content (AvgIpc) is 2.54. The van der Waals surface area contributed by atoms with Crippen LogP contribution in [-0.2, 0) is 19.7 Å². The average molecular weight is 222 g/mol. The van der Waals surface area contributed by atoms with E-state index in [4.69, 9.17) is 0 Å². The maximum absolute atomic E-state index is 13.1. The highest BCUT2D eigenvalue weighted by Crippen LogP contribution is 2.38. The number of esters is 2. The van der Waals surface area contributed by atoms with E-state index in [1.807, 2.05) is 0 Å². The predicted molar refractivity (Wildman–Crippen MR) is 54.1 cm³/mol. The normalized spacial score (nSPS) is 24.6. The van der Waals surface area contributed by atoms with Crippen molar-refractivity contribution in [1.82, 2.24) is 0 Å². The molecule has 1 aliphatic heterocycles. The van der Waals surface area contributed by atoms with Gasteiger partial charge in [0, 0.05) is 0 Å². The van der Waals surface area contributed by atoms with Crippen molar-refractivity contribution in [3.05, 3.63) is 35.6 Å². The van der Waals surface area contributed by atoms with E-state index >= 15 is 0 Å². The van der Waals surface area contributed by atoms with E-state index in [1.165, 1.54) is 18.2 Å². The van der Waals surface area contributed by atoms with Gasteiger partial charge in [-0.05, 0) is 24.1 Å². The number of carbonyl (C=O) groups excluding carboxylic acids is 2. The summed E-state index contributed by atoms with van der Waals surface area (Å²) >= 11 is 0. The molecule has 1 unspecified atom stereocenters. The Hall–Kier alpha value is -1.71. The minimum atomic E-state index is -1.00. The van der Waals surface area contributed by atoms with Crippen LogP contribution < -0.4 is 0 Å². The molecule has 4 heteroatoms. The molecule has 0 spiro atoms. The number of cyclic esters (lactones) is 2. The van der Waals surface area contributed by atoms with E-state index in [2.05, 4.69) is 4.74 Å². The van der Waals surface area contributed by atoms with Crippen molar-refractivity contribution in [3.63, 3.8) is 0 Å². The second-order valence-electron chi connectivity index (χ2n) is 3.88. The Morgan fingerprint density at radius 3 is 2.69 bits per heavy atom. The van der Waals surface area contributed by atoms with Crippen molar-refractivity contribution in [2.45, 2.75) is 25.2 Å². The van der Waals surface area contributed by atoms with Crippen molar-refractivity contribution in [1.29, 1.82) is 0 Å². The van der Waals surface area contributed by atoms with Gasteiger partial charge in [0.1, 0.15) is 11.2 Å². The standard InChI is InChI=1S/C12H11FO3/c1-2-12(7-10(14)16-11(12)15)8-4-3-5-9(13)6-8/h3-6H,2,7H2,1H3. The van der Waals surface area contributed by atoms with Crippen LogP contribution in [0.3, 0.4) is 0 Å². The van der Waals surface area contributed by atoms with Crippen molar-refractivity contribution < 1.29 is 18.7 Å². The van der Waals surface area contributed by atoms with E-state index in [0.29, 0.717) is 12.0 Å². The van der Waals surface area contributed by atoms with Crippen molar-refractivity contribution in [2.24, 2.45) is 0 Å². The highest BCUT2D eigenvalue weighted by atomic mass is 19.1. The smallest absolute Gasteiger partial charge is 0.324 e. The van der Waals surface area contributed by atoms with Gasteiger partial charge in [0.05, 0.1) is 6.42 Å². The summed E-state index contributed by atoms with van der Waals surface area (Å²) in [6.45, 7) is 1.78. The molecule has 1 heterocycles. The third-order valence-corrected chi connectivity index (χ3v) is 3.02. The summed E-state index contributed by atoms with van der Waals surface area (Å²) < 4.78 is 17.7. The Morgan fingerprint density at radius 2 is 2.19 bits per heavy atom. The zero-order valence-electron chi connectivity index (χ0n) is 8.83. The molecule has 84 valence electrons. The maximum Gasteiger partial charge on any atom is 0.324 e. The number of halogens is 1. The summed E-state index contributed by atoms with van der Waals surface area (Å²) in [5.74, 6) is -1.54. The zero-order valence-corrected chi connectivity index (χ0v) is 8.83. The molecule has 0 aromatic heterocycles. The fourth-order valence-corrected chi connectivity index (χ4v) is 2.04. The molecule has 1 aliphatic rings. The first-order valence-corrected chi connectivity index (χ1v) is 5.09. The van der Waals surface area contributed by atoms with E-state index in [0.717, 1.165) is 0 Å². The van der Waals surface area contributed by atoms with E-state index in [9.17, 15) is 14.0 Å². The SMILES string of the molecule is CCC1(c2cccc(F)c2)CC(=O)OC1=O. The molecular formula is C12H11FO3. The maximum atomic E-state index is 13.1. The van der Waals surface area contributed by atoms with Crippen LogP contribution in [0.15, 0.2) is 24.3 Å². The highest BCUT2D eigenvalue weighted by molar-refractivity contribution is 6.01. The zero-order chi connectivity index (χ0) is 11.8. The Morgan fingerprint density at radius 1 is 1.44 bits per heavy atom. The van der Waals surface area contributed by atoms with Crippen LogP contribution in [0.25, 0.3) is 0 Å². The fraction of sp³-hybridized carbons (Fsp3) is 0.333. The van der Waals surface area contributed by atoms with Gasteiger partial charge in [-0.2, -0.15) is 0 Å². The minimum absolute atomic E-state index is 0.00815. The summed E-state index contributed by atoms with van der Waals surface area (Å²) in [5, 5.41) is 0. The van der Waals surface area contributed by atoms with E-state index < -0.39 is 23.2 Å². The van der Waals surface area contributed by atoms with Gasteiger partial charge in [-0.1, -0.05) is 19.1 Å². The third-order valence-electron chi connectivity index (χ3n) is 3.02. The lowest BCUT2D eigenvalue weighted by atomic mass is 9.77. The molecule has 16 heavy (non-hydrogen) atoms. The van der Waals surface area contributed by atoms with E-state index in [-0.39, 0.29) is 6.42 Å². The van der Waals surface area contributed by atoms with Gasteiger partial charge in [-0.3, -0.25) is 9.59 Å². The first-order valence-electron chi connectivity index (χ1n) is 5.09. The molecule has 0 aliphatic carbocycles. The van der Waals surface area contributed by atoms with E-state index in [1.54, 1.807) is 13.0 Å². The van der Waals surface area contributed by atoms with Gasteiger partial charge in [-0.15, -0.1) is 0 Å². The number of hydrogen-bond donors (Lipinski definition) is 0. The topological polar surface area (TPSA) is 43.4 Å². The molecule has 0 radical (unpaired) electrons. The summed E-state index contributed by atoms with van der Waals surface area (Å²) in [7, 11) is 0. The minimum Gasteiger partial charge on any atom is -0.392 e. The molecule has 0 N–H and O–H groups in total. The molecule has 1 saturated heterocycles. The Kier molecular flexibility index (Phi) is 2.50. The number of benzene rings is 1. The van der Waals surface area contributed by atoms with Crippen LogP contribution in [0.2, 0.25) is 0 Å². The summed E-state index contributed by atoms with van der Waals surface area (Å²) in [6.07, 6.45) is 0.410. The molecule has 3 nitrogen and oxygen atoms in total. The molecule has 1 fully saturated rings. The molecule has 1 aromatic carbocycles. The lowest BCUT2D eigenvalue weighted by Gasteiger charge is -2.22. The van der Waals surface area contributed by atoms with Crippen LogP contribution in [0.4, 0.5) is 4.39 Å². The Balaban J connectivity index is 2.50. The van der Waals surface area contributed by atoms with Gasteiger partial charge in [0.25, 0.3) is 0 Å². The third kappa shape index (κ3) is 1.50. The molecule has 1 atom stereocenters. The fourth-order valence-electron chi connectivity index (χ4n) is 2.04. The number of carbonyl (C=O) groups is 2. The predicted octanol–water partition coefficient (Wildman–Crippen LogP) is 1.95.